The van der Waals surface area contributed by atoms with E-state index in [4.69, 9.17) is 4.98 Å². The lowest BCUT2D eigenvalue weighted by Gasteiger charge is -2.12. The lowest BCUT2D eigenvalue weighted by molar-refractivity contribution is -0.113. The highest BCUT2D eigenvalue weighted by molar-refractivity contribution is 9.10. The summed E-state index contributed by atoms with van der Waals surface area (Å²) in [4.78, 5) is 32.5. The van der Waals surface area contributed by atoms with Gasteiger partial charge in [0.1, 0.15) is 4.83 Å². The molecule has 2 heterocycles. The second kappa shape index (κ2) is 8.62. The van der Waals surface area contributed by atoms with Crippen molar-refractivity contribution in [2.45, 2.75) is 51.2 Å². The van der Waals surface area contributed by atoms with Crippen molar-refractivity contribution < 1.29 is 4.79 Å². The van der Waals surface area contributed by atoms with Crippen LogP contribution in [0.25, 0.3) is 10.2 Å². The Bertz CT molecular complexity index is 1150. The minimum atomic E-state index is -0.108. The SMILES string of the molecule is CCn1c(SCC(=O)Nc2ccc(Br)cc2C)nc2sc3c(c2c1=O)CCCC3. The molecule has 0 saturated heterocycles. The molecule has 0 bridgehead atoms. The fourth-order valence-electron chi connectivity index (χ4n) is 3.69. The molecule has 1 N–H and O–H groups in total. The number of benzene rings is 1. The predicted molar refractivity (Wildman–Crippen MR) is 124 cm³/mol. The van der Waals surface area contributed by atoms with Crippen LogP contribution in [0, 0.1) is 6.92 Å². The molecule has 0 fully saturated rings. The highest BCUT2D eigenvalue weighted by Gasteiger charge is 2.22. The molecule has 5 nitrogen and oxygen atoms in total. The molecule has 0 unspecified atom stereocenters. The van der Waals surface area contributed by atoms with Gasteiger partial charge in [-0.25, -0.2) is 4.98 Å². The molecular formula is C21H22BrN3O2S2. The number of hydrogen-bond donors (Lipinski definition) is 1. The fourth-order valence-corrected chi connectivity index (χ4v) is 6.33. The van der Waals surface area contributed by atoms with Crippen LogP contribution in [0.4, 0.5) is 5.69 Å². The zero-order valence-electron chi connectivity index (χ0n) is 16.4. The molecule has 2 aromatic heterocycles. The lowest BCUT2D eigenvalue weighted by Crippen LogP contribution is -2.24. The lowest BCUT2D eigenvalue weighted by atomic mass is 9.97. The average molecular weight is 492 g/mol. The Labute approximate surface area is 186 Å². The van der Waals surface area contributed by atoms with E-state index in [0.717, 1.165) is 45.2 Å². The zero-order valence-corrected chi connectivity index (χ0v) is 19.6. The molecular weight excluding hydrogens is 470 g/mol. The van der Waals surface area contributed by atoms with Crippen LogP contribution < -0.4 is 10.9 Å². The summed E-state index contributed by atoms with van der Waals surface area (Å²) >= 11 is 6.40. The van der Waals surface area contributed by atoms with Crippen molar-refractivity contribution in [2.75, 3.05) is 11.1 Å². The normalized spacial score (nSPS) is 13.5. The molecule has 1 amide bonds. The maximum absolute atomic E-state index is 13.1. The Morgan fingerprint density at radius 1 is 1.34 bits per heavy atom. The Morgan fingerprint density at radius 3 is 2.90 bits per heavy atom. The van der Waals surface area contributed by atoms with Gasteiger partial charge in [-0.1, -0.05) is 27.7 Å². The minimum absolute atomic E-state index is 0.0311. The van der Waals surface area contributed by atoms with Gasteiger partial charge in [0.15, 0.2) is 5.16 Å². The van der Waals surface area contributed by atoms with Gasteiger partial charge in [0.2, 0.25) is 5.91 Å². The summed E-state index contributed by atoms with van der Waals surface area (Å²) in [5.74, 6) is 0.0985. The van der Waals surface area contributed by atoms with Crippen LogP contribution in [0.2, 0.25) is 0 Å². The molecule has 0 atom stereocenters. The summed E-state index contributed by atoms with van der Waals surface area (Å²) in [6.45, 7) is 4.45. The molecule has 0 saturated carbocycles. The molecule has 0 aliphatic heterocycles. The molecule has 0 spiro atoms. The topological polar surface area (TPSA) is 64.0 Å². The smallest absolute Gasteiger partial charge is 0.263 e. The number of nitrogens with zero attached hydrogens (tertiary/aromatic N) is 2. The van der Waals surface area contributed by atoms with E-state index in [1.807, 2.05) is 32.0 Å². The molecule has 8 heteroatoms. The summed E-state index contributed by atoms with van der Waals surface area (Å²) in [7, 11) is 0. The summed E-state index contributed by atoms with van der Waals surface area (Å²) in [5.41, 5.74) is 3.02. The van der Waals surface area contributed by atoms with Gasteiger partial charge >= 0.3 is 0 Å². The predicted octanol–water partition coefficient (Wildman–Crippen LogP) is 5.16. The van der Waals surface area contributed by atoms with Gasteiger partial charge in [-0.05, 0) is 68.9 Å². The number of nitrogens with one attached hydrogen (secondary N) is 1. The molecule has 152 valence electrons. The number of rotatable bonds is 5. The average Bonchev–Trinajstić information content (AvgIpc) is 3.07. The molecule has 1 aromatic carbocycles. The maximum atomic E-state index is 13.1. The van der Waals surface area contributed by atoms with E-state index in [9.17, 15) is 9.59 Å². The Hall–Kier alpha value is -1.64. The van der Waals surface area contributed by atoms with Crippen molar-refractivity contribution in [3.63, 3.8) is 0 Å². The number of amides is 1. The number of carbonyl (C=O) groups is 1. The van der Waals surface area contributed by atoms with Crippen molar-refractivity contribution in [1.29, 1.82) is 0 Å². The van der Waals surface area contributed by atoms with Crippen molar-refractivity contribution >= 4 is 60.8 Å². The quantitative estimate of drug-likeness (QED) is 0.395. The van der Waals surface area contributed by atoms with Crippen molar-refractivity contribution in [1.82, 2.24) is 9.55 Å². The fraction of sp³-hybridized carbons (Fsp3) is 0.381. The van der Waals surface area contributed by atoms with E-state index in [1.54, 1.807) is 15.9 Å². The van der Waals surface area contributed by atoms with Crippen LogP contribution in [-0.4, -0.2) is 21.2 Å². The third-order valence-corrected chi connectivity index (χ3v) is 7.81. The van der Waals surface area contributed by atoms with Crippen molar-refractivity contribution in [2.24, 2.45) is 0 Å². The number of anilines is 1. The monoisotopic (exact) mass is 491 g/mol. The standard InChI is InChI=1S/C21H22BrN3O2S2/c1-3-25-20(27)18-14-6-4-5-7-16(14)29-19(18)24-21(25)28-11-17(26)23-15-9-8-13(22)10-12(15)2/h8-10H,3-7,11H2,1-2H3,(H,23,26). The van der Waals surface area contributed by atoms with Gasteiger partial charge in [0, 0.05) is 21.6 Å². The van der Waals surface area contributed by atoms with Crippen LogP contribution in [0.15, 0.2) is 32.6 Å². The highest BCUT2D eigenvalue weighted by Crippen LogP contribution is 2.34. The first-order valence-corrected chi connectivity index (χ1v) is 12.3. The third kappa shape index (κ3) is 4.15. The number of thioether (sulfide) groups is 1. The van der Waals surface area contributed by atoms with E-state index < -0.39 is 0 Å². The second-order valence-corrected chi connectivity index (χ2v) is 10.1. The zero-order chi connectivity index (χ0) is 20.5. The molecule has 1 aliphatic rings. The molecule has 1 aliphatic carbocycles. The number of fused-ring (bicyclic) bond motifs is 3. The van der Waals surface area contributed by atoms with Gasteiger partial charge < -0.3 is 5.32 Å². The summed E-state index contributed by atoms with van der Waals surface area (Å²) in [5, 5.41) is 4.36. The maximum Gasteiger partial charge on any atom is 0.263 e. The number of halogens is 1. The van der Waals surface area contributed by atoms with Crippen LogP contribution in [0.1, 0.15) is 35.8 Å². The Morgan fingerprint density at radius 2 is 2.14 bits per heavy atom. The second-order valence-electron chi connectivity index (χ2n) is 7.13. The van der Waals surface area contributed by atoms with Gasteiger partial charge in [-0.15, -0.1) is 11.3 Å². The van der Waals surface area contributed by atoms with E-state index in [-0.39, 0.29) is 17.2 Å². The number of thiophene rings is 1. The summed E-state index contributed by atoms with van der Waals surface area (Å²) in [6, 6.07) is 5.74. The minimum Gasteiger partial charge on any atom is -0.325 e. The van der Waals surface area contributed by atoms with E-state index in [1.165, 1.54) is 28.6 Å². The van der Waals surface area contributed by atoms with Crippen LogP contribution in [-0.2, 0) is 24.2 Å². The van der Waals surface area contributed by atoms with E-state index in [2.05, 4.69) is 21.2 Å². The van der Waals surface area contributed by atoms with Crippen LogP contribution in [0.3, 0.4) is 0 Å². The van der Waals surface area contributed by atoms with Crippen molar-refractivity contribution in [3.05, 3.63) is 49.0 Å². The van der Waals surface area contributed by atoms with Crippen LogP contribution in [0.5, 0.6) is 0 Å². The van der Waals surface area contributed by atoms with E-state index in [0.29, 0.717) is 11.7 Å². The van der Waals surface area contributed by atoms with Crippen molar-refractivity contribution in [3.8, 4) is 0 Å². The number of aryl methyl sites for hydroxylation is 3. The third-order valence-electron chi connectivity index (χ3n) is 5.15. The summed E-state index contributed by atoms with van der Waals surface area (Å²) in [6.07, 6.45) is 4.33. The first-order chi connectivity index (χ1) is 14.0. The molecule has 0 radical (unpaired) electrons. The Kier molecular flexibility index (Phi) is 6.13. The first-order valence-electron chi connectivity index (χ1n) is 9.71. The van der Waals surface area contributed by atoms with E-state index >= 15 is 0 Å². The highest BCUT2D eigenvalue weighted by atomic mass is 79.9. The number of hydrogen-bond acceptors (Lipinski definition) is 5. The summed E-state index contributed by atoms with van der Waals surface area (Å²) < 4.78 is 2.68. The molecule has 29 heavy (non-hydrogen) atoms. The first kappa shape index (κ1) is 20.6. The van der Waals surface area contributed by atoms with Crippen LogP contribution >= 0.6 is 39.0 Å². The number of aromatic nitrogens is 2. The van der Waals surface area contributed by atoms with Gasteiger partial charge in [0.05, 0.1) is 11.1 Å². The Balaban J connectivity index is 1.57. The van der Waals surface area contributed by atoms with Gasteiger partial charge in [0.25, 0.3) is 5.56 Å². The van der Waals surface area contributed by atoms with Gasteiger partial charge in [-0.3, -0.25) is 14.2 Å². The molecule has 3 aromatic rings. The molecule has 4 rings (SSSR count). The largest absolute Gasteiger partial charge is 0.325 e. The van der Waals surface area contributed by atoms with Gasteiger partial charge in [-0.2, -0.15) is 0 Å². The number of carbonyl (C=O) groups excluding carboxylic acids is 1.